The van der Waals surface area contributed by atoms with Crippen molar-refractivity contribution in [2.75, 3.05) is 12.4 Å². The van der Waals surface area contributed by atoms with Crippen molar-refractivity contribution < 1.29 is 17.9 Å². The van der Waals surface area contributed by atoms with E-state index in [1.165, 1.54) is 19.1 Å². The van der Waals surface area contributed by atoms with Gasteiger partial charge in [-0.2, -0.15) is 5.11 Å². The molecule has 0 saturated heterocycles. The molecule has 0 bridgehead atoms. The standard InChI is InChI=1S/C25H23N3O4S/c1-18(29)32-16-17-33(30,31)21-14-12-20(13-15-21)26-27-24-22-10-6-7-11-23(22)28(2)25(24)19-8-4-3-5-9-19/h3-15H,16-17H2,1-2H3. The molecule has 0 amide bonds. The number of benzene rings is 3. The molecule has 0 atom stereocenters. The summed E-state index contributed by atoms with van der Waals surface area (Å²) in [6.07, 6.45) is 0. The minimum absolute atomic E-state index is 0.142. The van der Waals surface area contributed by atoms with Gasteiger partial charge in [-0.25, -0.2) is 8.42 Å². The summed E-state index contributed by atoms with van der Waals surface area (Å²) in [5.74, 6) is -0.784. The number of carbonyl (C=O) groups is 1. The molecule has 0 fully saturated rings. The number of aromatic nitrogens is 1. The summed E-state index contributed by atoms with van der Waals surface area (Å²) < 4.78 is 31.7. The van der Waals surface area contributed by atoms with Gasteiger partial charge in [0.15, 0.2) is 9.84 Å². The van der Waals surface area contributed by atoms with Crippen LogP contribution in [0.2, 0.25) is 0 Å². The number of carbonyl (C=O) groups excluding carboxylic acids is 1. The van der Waals surface area contributed by atoms with E-state index < -0.39 is 15.8 Å². The molecule has 4 aromatic rings. The molecule has 8 heteroatoms. The van der Waals surface area contributed by atoms with E-state index in [0.717, 1.165) is 27.8 Å². The number of sulfone groups is 1. The van der Waals surface area contributed by atoms with Crippen molar-refractivity contribution in [1.29, 1.82) is 0 Å². The van der Waals surface area contributed by atoms with Crippen LogP contribution < -0.4 is 0 Å². The van der Waals surface area contributed by atoms with Gasteiger partial charge in [0.2, 0.25) is 0 Å². The summed E-state index contributed by atoms with van der Waals surface area (Å²) in [4.78, 5) is 11.0. The summed E-state index contributed by atoms with van der Waals surface area (Å²) in [6.45, 7) is 1.06. The van der Waals surface area contributed by atoms with Crippen molar-refractivity contribution in [2.24, 2.45) is 17.3 Å². The Bertz CT molecular complexity index is 1420. The highest BCUT2D eigenvalue weighted by atomic mass is 32.2. The lowest BCUT2D eigenvalue weighted by atomic mass is 10.1. The first-order chi connectivity index (χ1) is 15.9. The van der Waals surface area contributed by atoms with Crippen molar-refractivity contribution in [3.05, 3.63) is 78.9 Å². The lowest BCUT2D eigenvalue weighted by Crippen LogP contribution is -2.14. The van der Waals surface area contributed by atoms with Crippen LogP contribution in [0, 0.1) is 0 Å². The molecule has 0 N–H and O–H groups in total. The molecule has 7 nitrogen and oxygen atoms in total. The van der Waals surface area contributed by atoms with Crippen LogP contribution in [0.4, 0.5) is 11.4 Å². The maximum Gasteiger partial charge on any atom is 0.302 e. The van der Waals surface area contributed by atoms with E-state index in [1.807, 2.05) is 61.6 Å². The van der Waals surface area contributed by atoms with Crippen LogP contribution in [0.25, 0.3) is 22.2 Å². The van der Waals surface area contributed by atoms with Gasteiger partial charge in [0.1, 0.15) is 12.3 Å². The van der Waals surface area contributed by atoms with Crippen LogP contribution in [0.1, 0.15) is 6.92 Å². The van der Waals surface area contributed by atoms with Crippen LogP contribution >= 0.6 is 0 Å². The van der Waals surface area contributed by atoms with E-state index in [-0.39, 0.29) is 17.3 Å². The van der Waals surface area contributed by atoms with Crippen molar-refractivity contribution >= 4 is 38.1 Å². The molecule has 1 aromatic heterocycles. The van der Waals surface area contributed by atoms with Crippen molar-refractivity contribution in [3.63, 3.8) is 0 Å². The lowest BCUT2D eigenvalue weighted by Gasteiger charge is -2.06. The summed E-state index contributed by atoms with van der Waals surface area (Å²) in [7, 11) is -1.56. The first-order valence-corrected chi connectivity index (χ1v) is 12.0. The van der Waals surface area contributed by atoms with Gasteiger partial charge in [-0.05, 0) is 30.3 Å². The molecule has 0 aliphatic rings. The Balaban J connectivity index is 1.65. The molecule has 168 valence electrons. The Morgan fingerprint density at radius 1 is 0.909 bits per heavy atom. The number of aryl methyl sites for hydroxylation is 1. The number of hydrogen-bond acceptors (Lipinski definition) is 6. The smallest absolute Gasteiger partial charge is 0.302 e. The van der Waals surface area contributed by atoms with Crippen molar-refractivity contribution in [1.82, 2.24) is 4.57 Å². The first kappa shape index (κ1) is 22.4. The van der Waals surface area contributed by atoms with Crippen LogP contribution in [-0.4, -0.2) is 31.3 Å². The Kier molecular flexibility index (Phi) is 6.37. The largest absolute Gasteiger partial charge is 0.465 e. The molecular weight excluding hydrogens is 438 g/mol. The monoisotopic (exact) mass is 461 g/mol. The molecule has 0 aliphatic heterocycles. The molecule has 0 spiro atoms. The lowest BCUT2D eigenvalue weighted by molar-refractivity contribution is -0.140. The minimum Gasteiger partial charge on any atom is -0.465 e. The second kappa shape index (κ2) is 9.38. The number of nitrogens with zero attached hydrogens (tertiary/aromatic N) is 3. The van der Waals surface area contributed by atoms with E-state index >= 15 is 0 Å². The predicted molar refractivity (Wildman–Crippen MR) is 128 cm³/mol. The van der Waals surface area contributed by atoms with Crippen LogP contribution in [-0.2, 0) is 26.4 Å². The SMILES string of the molecule is CC(=O)OCCS(=O)(=O)c1ccc(N=Nc2c(-c3ccccc3)n(C)c3ccccc23)cc1. The van der Waals surface area contributed by atoms with Gasteiger partial charge in [0.05, 0.1) is 27.5 Å². The van der Waals surface area contributed by atoms with Crippen LogP contribution in [0.5, 0.6) is 0 Å². The van der Waals surface area contributed by atoms with Gasteiger partial charge >= 0.3 is 5.97 Å². The zero-order valence-electron chi connectivity index (χ0n) is 18.3. The topological polar surface area (TPSA) is 90.1 Å². The molecule has 33 heavy (non-hydrogen) atoms. The normalized spacial score (nSPS) is 11.8. The van der Waals surface area contributed by atoms with Gasteiger partial charge in [-0.15, -0.1) is 5.11 Å². The van der Waals surface area contributed by atoms with E-state index in [1.54, 1.807) is 12.1 Å². The Hall–Kier alpha value is -3.78. The van der Waals surface area contributed by atoms with E-state index in [4.69, 9.17) is 4.74 Å². The van der Waals surface area contributed by atoms with Gasteiger partial charge in [-0.1, -0.05) is 48.5 Å². The Morgan fingerprint density at radius 3 is 2.27 bits per heavy atom. The third-order valence-electron chi connectivity index (χ3n) is 5.25. The average Bonchev–Trinajstić information content (AvgIpc) is 3.10. The molecule has 0 radical (unpaired) electrons. The maximum absolute atomic E-state index is 12.4. The number of esters is 1. The highest BCUT2D eigenvalue weighted by Crippen LogP contribution is 2.40. The summed E-state index contributed by atoms with van der Waals surface area (Å²) in [6, 6.07) is 24.2. The van der Waals surface area contributed by atoms with Crippen LogP contribution in [0.3, 0.4) is 0 Å². The van der Waals surface area contributed by atoms with Gasteiger partial charge in [-0.3, -0.25) is 4.79 Å². The highest BCUT2D eigenvalue weighted by molar-refractivity contribution is 7.91. The first-order valence-electron chi connectivity index (χ1n) is 10.4. The molecule has 0 unspecified atom stereocenters. The molecule has 3 aromatic carbocycles. The van der Waals surface area contributed by atoms with Crippen molar-refractivity contribution in [2.45, 2.75) is 11.8 Å². The number of hydrogen-bond donors (Lipinski definition) is 0. The van der Waals surface area contributed by atoms with E-state index in [9.17, 15) is 13.2 Å². The van der Waals surface area contributed by atoms with Crippen molar-refractivity contribution in [3.8, 4) is 11.3 Å². The number of rotatable bonds is 7. The van der Waals surface area contributed by atoms with Gasteiger partial charge in [0, 0.05) is 24.9 Å². The quantitative estimate of drug-likeness (QED) is 0.265. The minimum atomic E-state index is -3.56. The van der Waals surface area contributed by atoms with E-state index in [2.05, 4.69) is 14.8 Å². The van der Waals surface area contributed by atoms with Gasteiger partial charge < -0.3 is 9.30 Å². The zero-order chi connectivity index (χ0) is 23.4. The fourth-order valence-corrected chi connectivity index (χ4v) is 4.73. The van der Waals surface area contributed by atoms with Crippen LogP contribution in [0.15, 0.2) is 94.0 Å². The highest BCUT2D eigenvalue weighted by Gasteiger charge is 2.17. The Morgan fingerprint density at radius 2 is 1.58 bits per heavy atom. The molecule has 4 rings (SSSR count). The number of ether oxygens (including phenoxy) is 1. The maximum atomic E-state index is 12.4. The molecule has 0 aliphatic carbocycles. The van der Waals surface area contributed by atoms with E-state index in [0.29, 0.717) is 5.69 Å². The fourth-order valence-electron chi connectivity index (χ4n) is 3.64. The summed E-state index contributed by atoms with van der Waals surface area (Å²) >= 11 is 0. The Labute approximate surface area is 192 Å². The molecular formula is C25H23N3O4S. The third kappa shape index (κ3) is 4.85. The fraction of sp³-hybridized carbons (Fsp3) is 0.160. The average molecular weight is 462 g/mol. The summed E-state index contributed by atoms with van der Waals surface area (Å²) in [5, 5.41) is 9.92. The summed E-state index contributed by atoms with van der Waals surface area (Å²) in [5.41, 5.74) is 4.29. The van der Waals surface area contributed by atoms with Gasteiger partial charge in [0.25, 0.3) is 0 Å². The second-order valence-corrected chi connectivity index (χ2v) is 9.60. The second-order valence-electron chi connectivity index (χ2n) is 7.49. The third-order valence-corrected chi connectivity index (χ3v) is 6.94. The predicted octanol–water partition coefficient (Wildman–Crippen LogP) is 5.60. The number of para-hydroxylation sites is 1. The molecule has 0 saturated carbocycles. The number of azo groups is 1. The molecule has 1 heterocycles. The zero-order valence-corrected chi connectivity index (χ0v) is 19.1. The number of fused-ring (bicyclic) bond motifs is 1.